The predicted octanol–water partition coefficient (Wildman–Crippen LogP) is 0.625. The lowest BCUT2D eigenvalue weighted by Crippen LogP contribution is -2.40. The first kappa shape index (κ1) is 14.7. The number of hydrogen-bond acceptors (Lipinski definition) is 4. The molecule has 0 atom stereocenters. The zero-order chi connectivity index (χ0) is 13.1. The fraction of sp³-hybridized carbons (Fsp3) is 0.333. The Labute approximate surface area is 109 Å². The molecule has 1 rings (SSSR count). The van der Waals surface area contributed by atoms with E-state index in [4.69, 9.17) is 33.4 Å². The summed E-state index contributed by atoms with van der Waals surface area (Å²) < 4.78 is 25.9. The molecule has 0 aliphatic carbocycles. The summed E-state index contributed by atoms with van der Waals surface area (Å²) in [5.74, 6) is 0. The highest BCUT2D eigenvalue weighted by Gasteiger charge is 2.24. The van der Waals surface area contributed by atoms with E-state index in [9.17, 15) is 8.42 Å². The van der Waals surface area contributed by atoms with Crippen LogP contribution >= 0.6 is 23.2 Å². The first-order valence-electron chi connectivity index (χ1n) is 4.60. The molecule has 0 saturated carbocycles. The van der Waals surface area contributed by atoms with Gasteiger partial charge in [-0.15, -0.1) is 0 Å². The number of hydrogen-bond donors (Lipinski definition) is 3. The highest BCUT2D eigenvalue weighted by atomic mass is 35.5. The molecule has 5 nitrogen and oxygen atoms in total. The minimum Gasteiger partial charge on any atom is -0.395 e. The van der Waals surface area contributed by atoms with Gasteiger partial charge in [-0.25, -0.2) is 13.1 Å². The molecule has 96 valence electrons. The molecular formula is C9H11Cl2NO4S. The number of nitrogens with one attached hydrogen (secondary N) is 1. The van der Waals surface area contributed by atoms with E-state index in [2.05, 4.69) is 4.72 Å². The van der Waals surface area contributed by atoms with Crippen molar-refractivity contribution >= 4 is 33.2 Å². The molecule has 0 amide bonds. The summed E-state index contributed by atoms with van der Waals surface area (Å²) in [6, 6.07) is 3.29. The van der Waals surface area contributed by atoms with Crippen LogP contribution in [0.25, 0.3) is 0 Å². The van der Waals surface area contributed by atoms with Crippen molar-refractivity contribution < 1.29 is 18.6 Å². The second-order valence-electron chi connectivity index (χ2n) is 3.23. The van der Waals surface area contributed by atoms with Gasteiger partial charge < -0.3 is 10.2 Å². The summed E-state index contributed by atoms with van der Waals surface area (Å²) in [7, 11) is -3.98. The number of sulfonamides is 1. The third-order valence-corrected chi connectivity index (χ3v) is 4.43. The molecule has 0 spiro atoms. The Bertz CT molecular complexity index is 468. The summed E-state index contributed by atoms with van der Waals surface area (Å²) in [5.41, 5.74) is 0. The maximum absolute atomic E-state index is 11.9. The maximum Gasteiger partial charge on any atom is 0.243 e. The summed E-state index contributed by atoms with van der Waals surface area (Å²) in [5, 5.41) is 17.6. The first-order valence-corrected chi connectivity index (χ1v) is 6.84. The minimum absolute atomic E-state index is 0.0281. The fourth-order valence-electron chi connectivity index (χ4n) is 1.15. The van der Waals surface area contributed by atoms with E-state index < -0.39 is 29.3 Å². The Kier molecular flexibility index (Phi) is 5.18. The van der Waals surface area contributed by atoms with Gasteiger partial charge in [0.05, 0.1) is 29.3 Å². The number of aliphatic hydroxyl groups is 2. The van der Waals surface area contributed by atoms with Gasteiger partial charge in [0, 0.05) is 0 Å². The van der Waals surface area contributed by atoms with Crippen molar-refractivity contribution in [2.45, 2.75) is 10.9 Å². The van der Waals surface area contributed by atoms with Crippen LogP contribution in [0.4, 0.5) is 0 Å². The molecule has 0 fully saturated rings. The average Bonchev–Trinajstić information content (AvgIpc) is 2.25. The highest BCUT2D eigenvalue weighted by Crippen LogP contribution is 2.28. The SMILES string of the molecule is O=S(=O)(NC(CO)CO)c1c(Cl)cccc1Cl. The largest absolute Gasteiger partial charge is 0.395 e. The second kappa shape index (κ2) is 5.99. The molecule has 0 unspecified atom stereocenters. The van der Waals surface area contributed by atoms with Crippen LogP contribution in [0.15, 0.2) is 23.1 Å². The molecule has 1 aromatic rings. The minimum atomic E-state index is -3.98. The van der Waals surface area contributed by atoms with Crippen molar-refractivity contribution in [3.63, 3.8) is 0 Å². The molecule has 8 heteroatoms. The first-order chi connectivity index (χ1) is 7.92. The number of aliphatic hydroxyl groups excluding tert-OH is 2. The number of halogens is 2. The summed E-state index contributed by atoms with van der Waals surface area (Å²) >= 11 is 11.5. The molecule has 0 heterocycles. The molecule has 17 heavy (non-hydrogen) atoms. The Morgan fingerprint density at radius 1 is 1.18 bits per heavy atom. The predicted molar refractivity (Wildman–Crippen MR) is 64.7 cm³/mol. The van der Waals surface area contributed by atoms with Gasteiger partial charge in [0.2, 0.25) is 10.0 Å². The molecule has 0 aliphatic heterocycles. The van der Waals surface area contributed by atoms with Gasteiger partial charge in [0.15, 0.2) is 0 Å². The van der Waals surface area contributed by atoms with Crippen LogP contribution in [-0.4, -0.2) is 37.9 Å². The Morgan fingerprint density at radius 2 is 1.65 bits per heavy atom. The molecule has 0 saturated heterocycles. The van der Waals surface area contributed by atoms with E-state index in [0.717, 1.165) is 0 Å². The van der Waals surface area contributed by atoms with Gasteiger partial charge in [-0.3, -0.25) is 0 Å². The topological polar surface area (TPSA) is 86.6 Å². The van der Waals surface area contributed by atoms with Crippen LogP contribution in [0.1, 0.15) is 0 Å². The van der Waals surface area contributed by atoms with Crippen LogP contribution in [-0.2, 0) is 10.0 Å². The quantitative estimate of drug-likeness (QED) is 0.744. The second-order valence-corrected chi connectivity index (χ2v) is 5.70. The van der Waals surface area contributed by atoms with Crippen molar-refractivity contribution in [2.24, 2.45) is 0 Å². The normalized spacial score (nSPS) is 12.1. The smallest absolute Gasteiger partial charge is 0.243 e. The van der Waals surface area contributed by atoms with Crippen LogP contribution in [0, 0.1) is 0 Å². The molecule has 3 N–H and O–H groups in total. The number of rotatable bonds is 5. The van der Waals surface area contributed by atoms with Gasteiger partial charge in [0.1, 0.15) is 4.90 Å². The zero-order valence-electron chi connectivity index (χ0n) is 8.60. The lowest BCUT2D eigenvalue weighted by Gasteiger charge is -2.15. The Morgan fingerprint density at radius 3 is 2.06 bits per heavy atom. The maximum atomic E-state index is 11.9. The monoisotopic (exact) mass is 299 g/mol. The van der Waals surface area contributed by atoms with E-state index in [1.54, 1.807) is 0 Å². The van der Waals surface area contributed by atoms with E-state index in [-0.39, 0.29) is 14.9 Å². The van der Waals surface area contributed by atoms with Gasteiger partial charge in [0.25, 0.3) is 0 Å². The summed E-state index contributed by atoms with van der Waals surface area (Å²) in [4.78, 5) is -0.268. The number of benzene rings is 1. The van der Waals surface area contributed by atoms with Crippen molar-refractivity contribution in [3.05, 3.63) is 28.2 Å². The molecule has 1 aromatic carbocycles. The third kappa shape index (κ3) is 3.54. The van der Waals surface area contributed by atoms with E-state index in [1.807, 2.05) is 0 Å². The van der Waals surface area contributed by atoms with Crippen LogP contribution < -0.4 is 4.72 Å². The molecule has 0 aliphatic rings. The highest BCUT2D eigenvalue weighted by molar-refractivity contribution is 7.89. The average molecular weight is 300 g/mol. The van der Waals surface area contributed by atoms with Crippen LogP contribution in [0.5, 0.6) is 0 Å². The standard InChI is InChI=1S/C9H11Cl2NO4S/c10-7-2-1-3-8(11)9(7)17(15,16)12-6(4-13)5-14/h1-3,6,12-14H,4-5H2. The van der Waals surface area contributed by atoms with Crippen molar-refractivity contribution in [2.75, 3.05) is 13.2 Å². The summed E-state index contributed by atoms with van der Waals surface area (Å²) in [6.07, 6.45) is 0. The Hall–Kier alpha value is -0.370. The molecule has 0 aromatic heterocycles. The van der Waals surface area contributed by atoms with Gasteiger partial charge in [-0.05, 0) is 12.1 Å². The molecule has 0 radical (unpaired) electrons. The Balaban J connectivity index is 3.14. The van der Waals surface area contributed by atoms with E-state index >= 15 is 0 Å². The van der Waals surface area contributed by atoms with Crippen molar-refractivity contribution in [1.29, 1.82) is 0 Å². The van der Waals surface area contributed by atoms with Crippen LogP contribution in [0.2, 0.25) is 10.0 Å². The van der Waals surface area contributed by atoms with Gasteiger partial charge in [-0.1, -0.05) is 29.3 Å². The van der Waals surface area contributed by atoms with Gasteiger partial charge in [-0.2, -0.15) is 0 Å². The van der Waals surface area contributed by atoms with Crippen LogP contribution in [0.3, 0.4) is 0 Å². The summed E-state index contributed by atoms with van der Waals surface area (Å²) in [6.45, 7) is -1.06. The fourth-order valence-corrected chi connectivity index (χ4v) is 3.51. The van der Waals surface area contributed by atoms with E-state index in [1.165, 1.54) is 18.2 Å². The third-order valence-electron chi connectivity index (χ3n) is 1.95. The molecule has 0 bridgehead atoms. The lowest BCUT2D eigenvalue weighted by molar-refractivity contribution is 0.185. The lowest BCUT2D eigenvalue weighted by atomic mass is 10.4. The van der Waals surface area contributed by atoms with E-state index in [0.29, 0.717) is 0 Å². The molecular weight excluding hydrogens is 289 g/mol. The van der Waals surface area contributed by atoms with Crippen molar-refractivity contribution in [1.82, 2.24) is 4.72 Å². The van der Waals surface area contributed by atoms with Gasteiger partial charge >= 0.3 is 0 Å². The zero-order valence-corrected chi connectivity index (χ0v) is 10.9. The van der Waals surface area contributed by atoms with Crippen molar-refractivity contribution in [3.8, 4) is 0 Å².